The van der Waals surface area contributed by atoms with Crippen LogP contribution in [0.4, 0.5) is 0 Å². The third-order valence-corrected chi connectivity index (χ3v) is 3.11. The van der Waals surface area contributed by atoms with Crippen LogP contribution in [0.15, 0.2) is 36.4 Å². The average Bonchev–Trinajstić information content (AvgIpc) is 2.38. The Balaban J connectivity index is 2.65. The standard InChI is InChI=1S/C15H12ClNO/c1-10-7-11(8-12(9-17)15(10)18-2)13-5-3-4-6-14(13)16/h3-8H,1-2H3. The van der Waals surface area contributed by atoms with Crippen LogP contribution < -0.4 is 4.74 Å². The molecule has 18 heavy (non-hydrogen) atoms. The van der Waals surface area contributed by atoms with Crippen molar-refractivity contribution in [1.82, 2.24) is 0 Å². The van der Waals surface area contributed by atoms with Crippen LogP contribution in [0.5, 0.6) is 5.75 Å². The summed E-state index contributed by atoms with van der Waals surface area (Å²) < 4.78 is 5.23. The molecule has 0 aliphatic carbocycles. The first kappa shape index (κ1) is 12.5. The van der Waals surface area contributed by atoms with Crippen molar-refractivity contribution in [1.29, 1.82) is 5.26 Å². The smallest absolute Gasteiger partial charge is 0.139 e. The maximum absolute atomic E-state index is 9.15. The fourth-order valence-electron chi connectivity index (χ4n) is 1.98. The van der Waals surface area contributed by atoms with E-state index < -0.39 is 0 Å². The van der Waals surface area contributed by atoms with Crippen LogP contribution in [0.3, 0.4) is 0 Å². The molecular formula is C15H12ClNO. The van der Waals surface area contributed by atoms with Gasteiger partial charge in [0.2, 0.25) is 0 Å². The van der Waals surface area contributed by atoms with Gasteiger partial charge >= 0.3 is 0 Å². The molecule has 0 atom stereocenters. The molecule has 0 aliphatic heterocycles. The van der Waals surface area contributed by atoms with Gasteiger partial charge in [0.15, 0.2) is 0 Å². The summed E-state index contributed by atoms with van der Waals surface area (Å²) in [6, 6.07) is 13.5. The highest BCUT2D eigenvalue weighted by Gasteiger charge is 2.11. The number of ether oxygens (including phenoxy) is 1. The van der Waals surface area contributed by atoms with Crippen molar-refractivity contribution < 1.29 is 4.74 Å². The number of hydrogen-bond donors (Lipinski definition) is 0. The summed E-state index contributed by atoms with van der Waals surface area (Å²) in [5, 5.41) is 9.82. The molecule has 2 aromatic carbocycles. The number of benzene rings is 2. The lowest BCUT2D eigenvalue weighted by atomic mass is 9.99. The molecule has 0 N–H and O–H groups in total. The van der Waals surface area contributed by atoms with Crippen molar-refractivity contribution in [2.24, 2.45) is 0 Å². The Labute approximate surface area is 111 Å². The third-order valence-electron chi connectivity index (χ3n) is 2.78. The molecule has 0 saturated heterocycles. The van der Waals surface area contributed by atoms with Gasteiger partial charge in [-0.1, -0.05) is 29.8 Å². The van der Waals surface area contributed by atoms with Gasteiger partial charge in [-0.3, -0.25) is 0 Å². The van der Waals surface area contributed by atoms with Gasteiger partial charge in [0.25, 0.3) is 0 Å². The molecule has 2 rings (SSSR count). The zero-order chi connectivity index (χ0) is 13.1. The Hall–Kier alpha value is -1.98. The Morgan fingerprint density at radius 2 is 1.94 bits per heavy atom. The Morgan fingerprint density at radius 3 is 2.56 bits per heavy atom. The predicted molar refractivity (Wildman–Crippen MR) is 72.9 cm³/mol. The van der Waals surface area contributed by atoms with E-state index in [1.165, 1.54) is 0 Å². The molecule has 0 radical (unpaired) electrons. The molecular weight excluding hydrogens is 246 g/mol. The van der Waals surface area contributed by atoms with E-state index in [1.807, 2.05) is 37.3 Å². The van der Waals surface area contributed by atoms with Crippen molar-refractivity contribution >= 4 is 11.6 Å². The van der Waals surface area contributed by atoms with Gasteiger partial charge in [0.1, 0.15) is 11.8 Å². The lowest BCUT2D eigenvalue weighted by Crippen LogP contribution is -1.93. The van der Waals surface area contributed by atoms with E-state index in [4.69, 9.17) is 21.6 Å². The molecule has 0 unspecified atom stereocenters. The highest BCUT2D eigenvalue weighted by Crippen LogP contribution is 2.33. The van der Waals surface area contributed by atoms with Gasteiger partial charge in [-0.25, -0.2) is 0 Å². The summed E-state index contributed by atoms with van der Waals surface area (Å²) in [6.45, 7) is 1.92. The molecule has 90 valence electrons. The molecule has 0 fully saturated rings. The van der Waals surface area contributed by atoms with E-state index in [0.29, 0.717) is 16.3 Å². The Kier molecular flexibility index (Phi) is 3.55. The summed E-state index contributed by atoms with van der Waals surface area (Å²) in [5.41, 5.74) is 3.29. The second kappa shape index (κ2) is 5.12. The van der Waals surface area contributed by atoms with Gasteiger partial charge in [0.05, 0.1) is 12.7 Å². The fraction of sp³-hybridized carbons (Fsp3) is 0.133. The van der Waals surface area contributed by atoms with Gasteiger partial charge in [-0.15, -0.1) is 0 Å². The van der Waals surface area contributed by atoms with Crippen LogP contribution in [-0.2, 0) is 0 Å². The number of methoxy groups -OCH3 is 1. The number of nitrogens with zero attached hydrogens (tertiary/aromatic N) is 1. The first-order chi connectivity index (χ1) is 8.67. The average molecular weight is 258 g/mol. The highest BCUT2D eigenvalue weighted by atomic mass is 35.5. The minimum atomic E-state index is 0.521. The van der Waals surface area contributed by atoms with Crippen molar-refractivity contribution in [3.05, 3.63) is 52.5 Å². The number of aryl methyl sites for hydroxylation is 1. The zero-order valence-electron chi connectivity index (χ0n) is 10.2. The third kappa shape index (κ3) is 2.18. The summed E-state index contributed by atoms with van der Waals surface area (Å²) in [6.07, 6.45) is 0. The molecule has 2 nitrogen and oxygen atoms in total. The molecule has 0 aliphatic rings. The maximum atomic E-state index is 9.15. The maximum Gasteiger partial charge on any atom is 0.139 e. The van der Waals surface area contributed by atoms with Crippen molar-refractivity contribution in [3.8, 4) is 22.9 Å². The monoisotopic (exact) mass is 257 g/mol. The normalized spacial score (nSPS) is 9.89. The van der Waals surface area contributed by atoms with Crippen LogP contribution in [-0.4, -0.2) is 7.11 Å². The van der Waals surface area contributed by atoms with Crippen molar-refractivity contribution in [2.75, 3.05) is 7.11 Å². The van der Waals surface area contributed by atoms with Crippen LogP contribution in [0.2, 0.25) is 5.02 Å². The Morgan fingerprint density at radius 1 is 1.22 bits per heavy atom. The highest BCUT2D eigenvalue weighted by molar-refractivity contribution is 6.33. The van der Waals surface area contributed by atoms with E-state index in [9.17, 15) is 0 Å². The van der Waals surface area contributed by atoms with E-state index in [0.717, 1.165) is 16.7 Å². The Bertz CT molecular complexity index is 629. The number of nitriles is 1. The second-order valence-electron chi connectivity index (χ2n) is 3.97. The molecule has 0 heterocycles. The van der Waals surface area contributed by atoms with Crippen LogP contribution in [0.1, 0.15) is 11.1 Å². The van der Waals surface area contributed by atoms with Gasteiger partial charge < -0.3 is 4.74 Å². The van der Waals surface area contributed by atoms with Crippen molar-refractivity contribution in [2.45, 2.75) is 6.92 Å². The lowest BCUT2D eigenvalue weighted by Gasteiger charge is -2.11. The first-order valence-electron chi connectivity index (χ1n) is 5.51. The van der Waals surface area contributed by atoms with E-state index >= 15 is 0 Å². The minimum absolute atomic E-state index is 0.521. The van der Waals surface area contributed by atoms with E-state index in [-0.39, 0.29) is 0 Å². The predicted octanol–water partition coefficient (Wildman–Crippen LogP) is 4.20. The summed E-state index contributed by atoms with van der Waals surface area (Å²) in [7, 11) is 1.57. The van der Waals surface area contributed by atoms with Gasteiger partial charge in [0, 0.05) is 10.6 Å². The lowest BCUT2D eigenvalue weighted by molar-refractivity contribution is 0.410. The summed E-state index contributed by atoms with van der Waals surface area (Å²) >= 11 is 6.17. The molecule has 0 spiro atoms. The zero-order valence-corrected chi connectivity index (χ0v) is 11.0. The minimum Gasteiger partial charge on any atom is -0.495 e. The SMILES string of the molecule is COc1c(C)cc(-c2ccccc2Cl)cc1C#N. The topological polar surface area (TPSA) is 33.0 Å². The van der Waals surface area contributed by atoms with Gasteiger partial charge in [-0.05, 0) is 36.2 Å². The number of rotatable bonds is 2. The molecule has 0 aromatic heterocycles. The summed E-state index contributed by atoms with van der Waals surface area (Å²) in [5.74, 6) is 0.619. The molecule has 0 amide bonds. The summed E-state index contributed by atoms with van der Waals surface area (Å²) in [4.78, 5) is 0. The van der Waals surface area contributed by atoms with E-state index in [2.05, 4.69) is 6.07 Å². The number of halogens is 1. The fourth-order valence-corrected chi connectivity index (χ4v) is 2.22. The van der Waals surface area contributed by atoms with Crippen LogP contribution in [0, 0.1) is 18.3 Å². The largest absolute Gasteiger partial charge is 0.495 e. The molecule has 0 saturated carbocycles. The molecule has 0 bridgehead atoms. The van der Waals surface area contributed by atoms with E-state index in [1.54, 1.807) is 13.2 Å². The second-order valence-corrected chi connectivity index (χ2v) is 4.37. The van der Waals surface area contributed by atoms with Crippen LogP contribution >= 0.6 is 11.6 Å². The van der Waals surface area contributed by atoms with Crippen LogP contribution in [0.25, 0.3) is 11.1 Å². The molecule has 3 heteroatoms. The first-order valence-corrected chi connectivity index (χ1v) is 5.88. The van der Waals surface area contributed by atoms with Crippen molar-refractivity contribution in [3.63, 3.8) is 0 Å². The van der Waals surface area contributed by atoms with Gasteiger partial charge in [-0.2, -0.15) is 5.26 Å². The quantitative estimate of drug-likeness (QED) is 0.808. The number of hydrogen-bond acceptors (Lipinski definition) is 2. The molecule has 2 aromatic rings.